The van der Waals surface area contributed by atoms with Crippen LogP contribution >= 0.6 is 0 Å². The van der Waals surface area contributed by atoms with E-state index in [1.165, 1.54) is 16.2 Å². The SMILES string of the molecule is CCc1cc(/N=c2\n(C)c(=O)n(C[C@H](C)C(=O)OC)c(=O)n2Cc2ccc(C)cc2)ccc1OC(C)C. The lowest BCUT2D eigenvalue weighted by Crippen LogP contribution is -2.55. The average molecular weight is 509 g/mol. The molecule has 37 heavy (non-hydrogen) atoms. The van der Waals surface area contributed by atoms with Crippen LogP contribution in [0.4, 0.5) is 5.69 Å². The molecule has 3 rings (SSSR count). The van der Waals surface area contributed by atoms with Crippen LogP contribution in [-0.4, -0.2) is 32.9 Å². The predicted octanol–water partition coefficient (Wildman–Crippen LogP) is 3.10. The topological polar surface area (TPSA) is 96.8 Å². The Morgan fingerprint density at radius 1 is 1.00 bits per heavy atom. The highest BCUT2D eigenvalue weighted by Crippen LogP contribution is 2.25. The summed E-state index contributed by atoms with van der Waals surface area (Å²) in [6.45, 7) is 9.68. The van der Waals surface area contributed by atoms with E-state index in [0.29, 0.717) is 5.69 Å². The Hall–Kier alpha value is -3.88. The molecule has 0 saturated carbocycles. The van der Waals surface area contributed by atoms with Gasteiger partial charge in [0.15, 0.2) is 0 Å². The number of aryl methyl sites for hydroxylation is 2. The molecule has 198 valence electrons. The molecule has 0 spiro atoms. The quantitative estimate of drug-likeness (QED) is 0.414. The van der Waals surface area contributed by atoms with Crippen molar-refractivity contribution >= 4 is 11.7 Å². The van der Waals surface area contributed by atoms with Crippen LogP contribution in [0, 0.1) is 12.8 Å². The first-order valence-electron chi connectivity index (χ1n) is 12.4. The smallest absolute Gasteiger partial charge is 0.335 e. The highest BCUT2D eigenvalue weighted by atomic mass is 16.5. The summed E-state index contributed by atoms with van der Waals surface area (Å²) in [5.41, 5.74) is 2.65. The molecule has 0 aliphatic rings. The molecule has 0 unspecified atom stereocenters. The zero-order valence-electron chi connectivity index (χ0n) is 22.6. The number of benzene rings is 2. The molecule has 9 nitrogen and oxygen atoms in total. The minimum Gasteiger partial charge on any atom is -0.491 e. The van der Waals surface area contributed by atoms with E-state index in [9.17, 15) is 14.4 Å². The van der Waals surface area contributed by atoms with E-state index in [1.807, 2.05) is 70.2 Å². The molecule has 0 aliphatic heterocycles. The third kappa shape index (κ3) is 6.47. The van der Waals surface area contributed by atoms with Crippen molar-refractivity contribution in [3.05, 3.63) is 85.7 Å². The lowest BCUT2D eigenvalue weighted by atomic mass is 10.1. The number of hydrogen-bond acceptors (Lipinski definition) is 6. The van der Waals surface area contributed by atoms with E-state index >= 15 is 0 Å². The molecule has 0 radical (unpaired) electrons. The molecule has 0 saturated heterocycles. The molecule has 0 fully saturated rings. The number of rotatable bonds is 9. The maximum Gasteiger partial charge on any atom is 0.335 e. The monoisotopic (exact) mass is 508 g/mol. The number of aromatic nitrogens is 3. The summed E-state index contributed by atoms with van der Waals surface area (Å²) < 4.78 is 14.6. The van der Waals surface area contributed by atoms with E-state index in [-0.39, 0.29) is 24.8 Å². The van der Waals surface area contributed by atoms with Crippen LogP contribution in [0.15, 0.2) is 57.0 Å². The summed E-state index contributed by atoms with van der Waals surface area (Å²) in [4.78, 5) is 43.7. The summed E-state index contributed by atoms with van der Waals surface area (Å²) in [5, 5.41) is 0. The van der Waals surface area contributed by atoms with Crippen molar-refractivity contribution in [2.45, 2.75) is 60.2 Å². The molecule has 0 amide bonds. The van der Waals surface area contributed by atoms with E-state index in [2.05, 4.69) is 0 Å². The lowest BCUT2D eigenvalue weighted by molar-refractivity contribution is -0.145. The summed E-state index contributed by atoms with van der Waals surface area (Å²) >= 11 is 0. The Kier molecular flexibility index (Phi) is 8.91. The van der Waals surface area contributed by atoms with Gasteiger partial charge in [0.2, 0.25) is 5.62 Å². The van der Waals surface area contributed by atoms with Gasteiger partial charge in [-0.25, -0.2) is 19.1 Å². The Bertz CT molecular complexity index is 1450. The van der Waals surface area contributed by atoms with Crippen LogP contribution in [0.1, 0.15) is 44.4 Å². The second kappa shape index (κ2) is 11.9. The number of hydrogen-bond donors (Lipinski definition) is 0. The zero-order valence-corrected chi connectivity index (χ0v) is 22.6. The van der Waals surface area contributed by atoms with E-state index in [1.54, 1.807) is 14.0 Å². The zero-order chi connectivity index (χ0) is 27.3. The van der Waals surface area contributed by atoms with E-state index < -0.39 is 23.3 Å². The van der Waals surface area contributed by atoms with Gasteiger partial charge in [0, 0.05) is 13.6 Å². The molecule has 1 aromatic heterocycles. The Morgan fingerprint density at radius 3 is 2.27 bits per heavy atom. The van der Waals surface area contributed by atoms with Crippen LogP contribution in [-0.2, 0) is 36.1 Å². The van der Waals surface area contributed by atoms with Crippen LogP contribution < -0.4 is 21.7 Å². The molecular weight excluding hydrogens is 472 g/mol. The second-order valence-electron chi connectivity index (χ2n) is 9.45. The van der Waals surface area contributed by atoms with E-state index in [0.717, 1.165) is 33.4 Å². The van der Waals surface area contributed by atoms with Crippen molar-refractivity contribution < 1.29 is 14.3 Å². The maximum absolute atomic E-state index is 13.6. The van der Waals surface area contributed by atoms with Crippen molar-refractivity contribution in [3.8, 4) is 5.75 Å². The van der Waals surface area contributed by atoms with Crippen LogP contribution in [0.5, 0.6) is 5.75 Å². The number of esters is 1. The number of carbonyl (C=O) groups excluding carboxylic acids is 1. The molecule has 9 heteroatoms. The predicted molar refractivity (Wildman–Crippen MR) is 142 cm³/mol. The minimum absolute atomic E-state index is 0.0329. The molecule has 0 bridgehead atoms. The average Bonchev–Trinajstić information content (AvgIpc) is 2.88. The van der Waals surface area contributed by atoms with Gasteiger partial charge in [-0.1, -0.05) is 43.7 Å². The minimum atomic E-state index is -0.674. The number of carbonyl (C=O) groups is 1. The molecule has 0 aliphatic carbocycles. The lowest BCUT2D eigenvalue weighted by Gasteiger charge is -2.17. The van der Waals surface area contributed by atoms with Gasteiger partial charge in [0.1, 0.15) is 5.75 Å². The molecule has 3 aromatic rings. The fraction of sp³-hybridized carbons (Fsp3) is 0.429. The Labute approximate surface area is 216 Å². The maximum atomic E-state index is 13.6. The van der Waals surface area contributed by atoms with Crippen molar-refractivity contribution in [1.82, 2.24) is 13.7 Å². The van der Waals surface area contributed by atoms with Gasteiger partial charge in [0.05, 0.1) is 31.4 Å². The first kappa shape index (κ1) is 27.7. The number of methoxy groups -OCH3 is 1. The third-order valence-corrected chi connectivity index (χ3v) is 6.06. The van der Waals surface area contributed by atoms with Crippen LogP contribution in [0.25, 0.3) is 0 Å². The van der Waals surface area contributed by atoms with Crippen LogP contribution in [0.3, 0.4) is 0 Å². The molecular formula is C28H36N4O5. The summed E-state index contributed by atoms with van der Waals surface area (Å²) in [5.74, 6) is -0.389. The van der Waals surface area contributed by atoms with Crippen molar-refractivity contribution in [2.24, 2.45) is 18.0 Å². The molecule has 0 N–H and O–H groups in total. The first-order valence-corrected chi connectivity index (χ1v) is 12.4. The number of nitrogens with zero attached hydrogens (tertiary/aromatic N) is 4. The van der Waals surface area contributed by atoms with Gasteiger partial charge in [-0.15, -0.1) is 0 Å². The fourth-order valence-corrected chi connectivity index (χ4v) is 4.01. The summed E-state index contributed by atoms with van der Waals surface area (Å²) in [6, 6.07) is 13.4. The summed E-state index contributed by atoms with van der Waals surface area (Å²) in [6.07, 6.45) is 0.770. The van der Waals surface area contributed by atoms with Crippen molar-refractivity contribution in [1.29, 1.82) is 0 Å². The van der Waals surface area contributed by atoms with Gasteiger partial charge in [0.25, 0.3) is 0 Å². The Morgan fingerprint density at radius 2 is 1.68 bits per heavy atom. The highest BCUT2D eigenvalue weighted by Gasteiger charge is 2.20. The highest BCUT2D eigenvalue weighted by molar-refractivity contribution is 5.71. The number of ether oxygens (including phenoxy) is 2. The van der Waals surface area contributed by atoms with Gasteiger partial charge >= 0.3 is 17.3 Å². The largest absolute Gasteiger partial charge is 0.491 e. The second-order valence-corrected chi connectivity index (χ2v) is 9.45. The van der Waals surface area contributed by atoms with Gasteiger partial charge in [-0.05, 0) is 56.5 Å². The molecule has 1 heterocycles. The fourth-order valence-electron chi connectivity index (χ4n) is 4.01. The Balaban J connectivity index is 2.24. The van der Waals surface area contributed by atoms with Crippen molar-refractivity contribution in [3.63, 3.8) is 0 Å². The normalized spacial score (nSPS) is 12.6. The standard InChI is InChI=1S/C28H36N4O5/c1-8-22-15-23(13-14-24(22)37-18(2)3)29-26-30(6)27(34)32(16-20(5)25(33)36-7)28(35)31(26)17-21-11-9-19(4)10-12-21/h9-15,18,20H,8,16-17H2,1-7H3/b29-26+/t20-/m0/s1. The van der Waals surface area contributed by atoms with Gasteiger partial charge in [-0.2, -0.15) is 0 Å². The summed E-state index contributed by atoms with van der Waals surface area (Å²) in [7, 11) is 2.85. The van der Waals surface area contributed by atoms with Crippen molar-refractivity contribution in [2.75, 3.05) is 7.11 Å². The van der Waals surface area contributed by atoms with Gasteiger partial charge in [-0.3, -0.25) is 13.9 Å². The third-order valence-electron chi connectivity index (χ3n) is 6.06. The molecule has 2 aromatic carbocycles. The molecule has 1 atom stereocenters. The van der Waals surface area contributed by atoms with E-state index in [4.69, 9.17) is 14.5 Å². The van der Waals surface area contributed by atoms with Crippen LogP contribution in [0.2, 0.25) is 0 Å². The van der Waals surface area contributed by atoms with Gasteiger partial charge < -0.3 is 9.47 Å². The first-order chi connectivity index (χ1) is 17.5.